The van der Waals surface area contributed by atoms with Gasteiger partial charge in [-0.1, -0.05) is 60.1 Å². The molecule has 1 fully saturated rings. The fourth-order valence-corrected chi connectivity index (χ4v) is 5.22. The first-order valence-corrected chi connectivity index (χ1v) is 12.4. The van der Waals surface area contributed by atoms with Crippen molar-refractivity contribution in [2.75, 3.05) is 24.5 Å². The molecule has 0 radical (unpaired) electrons. The van der Waals surface area contributed by atoms with Crippen LogP contribution in [-0.2, 0) is 0 Å². The minimum Gasteiger partial charge on any atom is -0.338 e. The zero-order valence-corrected chi connectivity index (χ0v) is 20.9. The molecule has 7 nitrogen and oxygen atoms in total. The molecule has 180 valence electrons. The third-order valence-corrected chi connectivity index (χ3v) is 7.22. The fourth-order valence-electron chi connectivity index (χ4n) is 5.01. The molecule has 5 aromatic rings. The van der Waals surface area contributed by atoms with E-state index in [1.807, 2.05) is 53.4 Å². The number of anilines is 1. The number of aryl methyl sites for hydroxylation is 1. The van der Waals surface area contributed by atoms with E-state index >= 15 is 0 Å². The maximum Gasteiger partial charge on any atom is 0.255 e. The number of nitrogens with zero attached hydrogens (tertiary/aromatic N) is 6. The molecule has 1 amide bonds. The Kier molecular flexibility index (Phi) is 5.57. The molecular formula is C28H25ClN6O. The minimum absolute atomic E-state index is 0.0377. The van der Waals surface area contributed by atoms with Gasteiger partial charge in [0.05, 0.1) is 16.1 Å². The Morgan fingerprint density at radius 1 is 0.944 bits per heavy atom. The van der Waals surface area contributed by atoms with Crippen LogP contribution in [0.3, 0.4) is 0 Å². The fraction of sp³-hybridized carbons (Fsp3) is 0.214. The molecule has 0 N–H and O–H groups in total. The van der Waals surface area contributed by atoms with E-state index in [0.29, 0.717) is 30.2 Å². The quantitative estimate of drug-likeness (QED) is 0.341. The maximum atomic E-state index is 13.3. The lowest BCUT2D eigenvalue weighted by Gasteiger charge is -2.40. The third kappa shape index (κ3) is 3.67. The number of halogens is 1. The van der Waals surface area contributed by atoms with Crippen LogP contribution in [0.1, 0.15) is 22.8 Å². The average Bonchev–Trinajstić information content (AvgIpc) is 3.34. The van der Waals surface area contributed by atoms with Crippen LogP contribution >= 0.6 is 11.6 Å². The van der Waals surface area contributed by atoms with E-state index in [2.05, 4.69) is 45.5 Å². The standard InChI is InChI=1S/C28H25ClN6O/c1-18-9-3-4-10-20(18)25-31-32-26-22-12-6-8-14-24(22)30-28(35(25)26)33-15-16-34(19(2)17-33)27(36)21-11-5-7-13-23(21)29/h3-14,19H,15-17H2,1-2H3/t19-/m1/s1. The number of piperazine rings is 1. The van der Waals surface area contributed by atoms with Gasteiger partial charge in [0, 0.05) is 36.6 Å². The van der Waals surface area contributed by atoms with Crippen LogP contribution in [0.5, 0.6) is 0 Å². The topological polar surface area (TPSA) is 66.6 Å². The van der Waals surface area contributed by atoms with E-state index in [1.165, 1.54) is 0 Å². The molecule has 0 unspecified atom stereocenters. The summed E-state index contributed by atoms with van der Waals surface area (Å²) in [6.07, 6.45) is 0. The number of amides is 1. The summed E-state index contributed by atoms with van der Waals surface area (Å²) in [5.41, 5.74) is 4.31. The summed E-state index contributed by atoms with van der Waals surface area (Å²) in [7, 11) is 0. The van der Waals surface area contributed by atoms with E-state index in [-0.39, 0.29) is 11.9 Å². The number of hydrogen-bond donors (Lipinski definition) is 0. The van der Waals surface area contributed by atoms with Crippen LogP contribution in [0.15, 0.2) is 72.8 Å². The number of benzene rings is 3. The molecule has 0 saturated carbocycles. The van der Waals surface area contributed by atoms with Crippen molar-refractivity contribution in [3.63, 3.8) is 0 Å². The van der Waals surface area contributed by atoms with E-state index in [0.717, 1.165) is 39.4 Å². The second-order valence-electron chi connectivity index (χ2n) is 9.20. The van der Waals surface area contributed by atoms with Crippen LogP contribution in [0.4, 0.5) is 5.95 Å². The van der Waals surface area contributed by atoms with Crippen molar-refractivity contribution in [3.05, 3.63) is 88.9 Å². The average molecular weight is 497 g/mol. The van der Waals surface area contributed by atoms with E-state index < -0.39 is 0 Å². The normalized spacial score (nSPS) is 16.1. The van der Waals surface area contributed by atoms with Gasteiger partial charge in [-0.05, 0) is 43.7 Å². The summed E-state index contributed by atoms with van der Waals surface area (Å²) < 4.78 is 2.06. The van der Waals surface area contributed by atoms with Gasteiger partial charge in [-0.15, -0.1) is 10.2 Å². The van der Waals surface area contributed by atoms with E-state index in [1.54, 1.807) is 12.1 Å². The summed E-state index contributed by atoms with van der Waals surface area (Å²) in [5, 5.41) is 10.6. The molecule has 0 bridgehead atoms. The lowest BCUT2D eigenvalue weighted by molar-refractivity contribution is 0.0673. The van der Waals surface area contributed by atoms with Crippen molar-refractivity contribution < 1.29 is 4.79 Å². The molecule has 1 aliphatic heterocycles. The summed E-state index contributed by atoms with van der Waals surface area (Å²) >= 11 is 6.32. The molecule has 1 saturated heterocycles. The monoisotopic (exact) mass is 496 g/mol. The highest BCUT2D eigenvalue weighted by molar-refractivity contribution is 6.33. The molecule has 1 atom stereocenters. The first-order valence-electron chi connectivity index (χ1n) is 12.0. The van der Waals surface area contributed by atoms with Gasteiger partial charge in [-0.25, -0.2) is 9.38 Å². The molecule has 6 rings (SSSR count). The van der Waals surface area contributed by atoms with Crippen LogP contribution in [-0.4, -0.2) is 56.1 Å². The smallest absolute Gasteiger partial charge is 0.255 e. The molecule has 0 spiro atoms. The predicted octanol–water partition coefficient (Wildman–Crippen LogP) is 5.26. The van der Waals surface area contributed by atoms with Crippen LogP contribution < -0.4 is 4.90 Å². The summed E-state index contributed by atoms with van der Waals surface area (Å²) in [6.45, 7) is 5.96. The number of carbonyl (C=O) groups is 1. The molecule has 1 aliphatic rings. The number of rotatable bonds is 3. The molecule has 8 heteroatoms. The number of fused-ring (bicyclic) bond motifs is 3. The van der Waals surface area contributed by atoms with Crippen LogP contribution in [0, 0.1) is 6.92 Å². The predicted molar refractivity (Wildman–Crippen MR) is 143 cm³/mol. The highest BCUT2D eigenvalue weighted by atomic mass is 35.5. The van der Waals surface area contributed by atoms with Gasteiger partial charge >= 0.3 is 0 Å². The lowest BCUT2D eigenvalue weighted by Crippen LogP contribution is -2.54. The van der Waals surface area contributed by atoms with E-state index in [4.69, 9.17) is 16.6 Å². The van der Waals surface area contributed by atoms with Gasteiger partial charge in [0.1, 0.15) is 0 Å². The third-order valence-electron chi connectivity index (χ3n) is 6.89. The van der Waals surface area contributed by atoms with Crippen molar-refractivity contribution in [3.8, 4) is 11.4 Å². The van der Waals surface area contributed by atoms with Crippen molar-refractivity contribution in [1.29, 1.82) is 0 Å². The van der Waals surface area contributed by atoms with Crippen LogP contribution in [0.25, 0.3) is 27.9 Å². The lowest BCUT2D eigenvalue weighted by atomic mass is 10.1. The molecule has 36 heavy (non-hydrogen) atoms. The molecule has 0 aliphatic carbocycles. The van der Waals surface area contributed by atoms with Gasteiger partial charge in [0.2, 0.25) is 5.95 Å². The van der Waals surface area contributed by atoms with Gasteiger partial charge in [0.15, 0.2) is 11.5 Å². The van der Waals surface area contributed by atoms with Crippen molar-refractivity contribution in [1.82, 2.24) is 24.5 Å². The first-order chi connectivity index (χ1) is 17.5. The molecular weight excluding hydrogens is 472 g/mol. The maximum absolute atomic E-state index is 13.3. The second kappa shape index (κ2) is 8.91. The van der Waals surface area contributed by atoms with Crippen molar-refractivity contribution >= 4 is 40.0 Å². The van der Waals surface area contributed by atoms with Crippen LogP contribution in [0.2, 0.25) is 5.02 Å². The van der Waals surface area contributed by atoms with Gasteiger partial charge in [-0.3, -0.25) is 4.79 Å². The van der Waals surface area contributed by atoms with Crippen molar-refractivity contribution in [2.45, 2.75) is 19.9 Å². The number of hydrogen-bond acceptors (Lipinski definition) is 5. The molecule has 3 heterocycles. The number of carbonyl (C=O) groups excluding carboxylic acids is 1. The Balaban J connectivity index is 1.43. The summed E-state index contributed by atoms with van der Waals surface area (Å²) in [5.74, 6) is 1.50. The molecule has 2 aromatic heterocycles. The zero-order chi connectivity index (χ0) is 24.8. The highest BCUT2D eigenvalue weighted by Crippen LogP contribution is 2.31. The molecule has 3 aromatic carbocycles. The SMILES string of the molecule is Cc1ccccc1-c1nnc2c3ccccc3nc(N3CCN(C(=O)c4ccccc4Cl)[C@H](C)C3)n12. The largest absolute Gasteiger partial charge is 0.338 e. The Morgan fingerprint density at radius 3 is 2.50 bits per heavy atom. The van der Waals surface area contributed by atoms with Gasteiger partial charge < -0.3 is 9.80 Å². The Bertz CT molecular complexity index is 1610. The van der Waals surface area contributed by atoms with Gasteiger partial charge in [0.25, 0.3) is 5.91 Å². The number of aromatic nitrogens is 4. The highest BCUT2D eigenvalue weighted by Gasteiger charge is 2.31. The van der Waals surface area contributed by atoms with Gasteiger partial charge in [-0.2, -0.15) is 0 Å². The Morgan fingerprint density at radius 2 is 1.69 bits per heavy atom. The first kappa shape index (κ1) is 22.5. The van der Waals surface area contributed by atoms with Crippen molar-refractivity contribution in [2.24, 2.45) is 0 Å². The van der Waals surface area contributed by atoms with E-state index in [9.17, 15) is 4.79 Å². The second-order valence-corrected chi connectivity index (χ2v) is 9.61. The Labute approximate surface area is 214 Å². The zero-order valence-electron chi connectivity index (χ0n) is 20.1. The number of para-hydroxylation sites is 1. The minimum atomic E-state index is -0.0470. The Hall–Kier alpha value is -3.97. The summed E-state index contributed by atoms with van der Waals surface area (Å²) in [4.78, 5) is 22.5. The summed E-state index contributed by atoms with van der Waals surface area (Å²) in [6, 6.07) is 23.4.